The average Bonchev–Trinajstić information content (AvgIpc) is 4.16. The van der Waals surface area contributed by atoms with Crippen molar-refractivity contribution in [2.45, 2.75) is 101 Å². The lowest BCUT2D eigenvalue weighted by molar-refractivity contribution is -0.101. The number of carbonyl (C=O) groups is 1. The number of rotatable bonds is 11. The summed E-state index contributed by atoms with van der Waals surface area (Å²) in [4.78, 5) is 21.4. The van der Waals surface area contributed by atoms with Crippen molar-refractivity contribution in [1.82, 2.24) is 30.2 Å². The first kappa shape index (κ1) is 43.1. The van der Waals surface area contributed by atoms with Gasteiger partial charge in [0, 0.05) is 49.1 Å². The molecule has 0 unspecified atom stereocenters. The lowest BCUT2D eigenvalue weighted by atomic mass is 9.78. The Morgan fingerprint density at radius 3 is 2.00 bits per heavy atom. The van der Waals surface area contributed by atoms with Crippen LogP contribution >= 0.6 is 0 Å². The molecule has 2 aromatic carbocycles. The predicted octanol–water partition coefficient (Wildman–Crippen LogP) is 6.29. The Hall–Kier alpha value is -4.77. The lowest BCUT2D eigenvalue weighted by Gasteiger charge is -2.48. The van der Waals surface area contributed by atoms with Crippen LogP contribution < -0.4 is 14.5 Å². The van der Waals surface area contributed by atoms with E-state index in [4.69, 9.17) is 27.8 Å². The Morgan fingerprint density at radius 1 is 0.766 bits per heavy atom. The van der Waals surface area contributed by atoms with Crippen molar-refractivity contribution in [2.24, 2.45) is 10.8 Å². The minimum Gasteiger partial charge on any atom is -0.508 e. The van der Waals surface area contributed by atoms with Crippen LogP contribution in [0.4, 0.5) is 12.0 Å². The standard InChI is InChI=1S/C25H34N4O4.C23H30N4O4/c1-2-4-23(32-15-21-14-30-11-12-31-21)22(3-1)19-6-9-28(10-7-19)20-5-8-25(13-20)16-29(17-25)24-27-26-18-33-24;1-2-30-21(29)20-24-25-22(31-20)27-14-23(15-27)10-7-17(13-23)26-11-8-16(9-12-26)18-5-3-4-6-19(18)28/h1-4,18-21H,5-17H2;3-6,16-17,28H,2,7-15H2,1H3/t20-,21+;17-/m11/s1. The molecular weight excluding hydrogens is 817 g/mol. The van der Waals surface area contributed by atoms with E-state index in [-0.39, 0.29) is 18.6 Å². The highest BCUT2D eigenvalue weighted by Crippen LogP contribution is 2.50. The number of phenolic OH excluding ortho intramolecular Hbond substituents is 1. The van der Waals surface area contributed by atoms with Gasteiger partial charge in [0.25, 0.3) is 0 Å². The van der Waals surface area contributed by atoms with E-state index in [1.165, 1.54) is 76.4 Å². The predicted molar refractivity (Wildman–Crippen MR) is 237 cm³/mol. The number of phenols is 1. The number of likely N-dealkylation sites (tertiary alicyclic amines) is 2. The third-order valence-electron chi connectivity index (χ3n) is 15.3. The van der Waals surface area contributed by atoms with E-state index in [1.807, 2.05) is 12.1 Å². The fourth-order valence-electron chi connectivity index (χ4n) is 12.0. The Morgan fingerprint density at radius 2 is 1.39 bits per heavy atom. The van der Waals surface area contributed by atoms with Gasteiger partial charge in [-0.15, -0.1) is 5.10 Å². The van der Waals surface area contributed by atoms with E-state index in [1.54, 1.807) is 13.0 Å². The number of para-hydroxylation sites is 2. The van der Waals surface area contributed by atoms with Gasteiger partial charge in [-0.05, 0) is 132 Å². The summed E-state index contributed by atoms with van der Waals surface area (Å²) in [5.74, 6) is 1.83. The summed E-state index contributed by atoms with van der Waals surface area (Å²) < 4.78 is 33.2. The minimum atomic E-state index is -0.565. The summed E-state index contributed by atoms with van der Waals surface area (Å²) in [7, 11) is 0. The normalized spacial score (nSPS) is 26.0. The van der Waals surface area contributed by atoms with Gasteiger partial charge in [-0.1, -0.05) is 51.7 Å². The summed E-state index contributed by atoms with van der Waals surface area (Å²) in [6.07, 6.45) is 13.6. The number of anilines is 2. The van der Waals surface area contributed by atoms with Crippen molar-refractivity contribution in [2.75, 3.05) is 95.2 Å². The van der Waals surface area contributed by atoms with E-state index in [0.29, 0.717) is 79.0 Å². The molecule has 7 aliphatic rings. The number of hydrogen-bond donors (Lipinski definition) is 1. The van der Waals surface area contributed by atoms with Crippen LogP contribution in [0.25, 0.3) is 0 Å². The highest BCUT2D eigenvalue weighted by atomic mass is 16.6. The molecule has 344 valence electrons. The second kappa shape index (κ2) is 19.0. The maximum absolute atomic E-state index is 11.7. The smallest absolute Gasteiger partial charge is 0.396 e. The highest BCUT2D eigenvalue weighted by molar-refractivity contribution is 5.84. The molecule has 11 rings (SSSR count). The minimum absolute atomic E-state index is 0.0330. The molecule has 2 saturated carbocycles. The maximum Gasteiger partial charge on any atom is 0.396 e. The monoisotopic (exact) mass is 880 g/mol. The van der Waals surface area contributed by atoms with Crippen molar-refractivity contribution >= 4 is 18.0 Å². The topological polar surface area (TPSA) is 165 Å². The Bertz CT molecular complexity index is 2140. The Kier molecular flexibility index (Phi) is 12.8. The molecule has 2 aliphatic carbocycles. The first-order valence-electron chi connectivity index (χ1n) is 23.8. The first-order chi connectivity index (χ1) is 31.3. The summed E-state index contributed by atoms with van der Waals surface area (Å²) in [6.45, 7) is 13.0. The van der Waals surface area contributed by atoms with E-state index in [0.717, 1.165) is 63.4 Å². The van der Waals surface area contributed by atoms with Gasteiger partial charge in [0.1, 0.15) is 24.2 Å². The molecule has 2 spiro atoms. The molecule has 3 atom stereocenters. The molecule has 2 aromatic heterocycles. The molecule has 5 aliphatic heterocycles. The molecule has 0 radical (unpaired) electrons. The van der Waals surface area contributed by atoms with Crippen LogP contribution in [-0.2, 0) is 14.2 Å². The van der Waals surface area contributed by atoms with Crippen molar-refractivity contribution in [1.29, 1.82) is 0 Å². The van der Waals surface area contributed by atoms with Gasteiger partial charge in [0.2, 0.25) is 6.39 Å². The molecule has 7 fully saturated rings. The number of aromatic nitrogens is 4. The van der Waals surface area contributed by atoms with E-state index in [9.17, 15) is 9.90 Å². The SMILES string of the molecule is CCOC(=O)c1nnc(N2CC3(CC[C@@H](N4CCC(c5ccccc5O)CC4)C3)C2)o1.c1ccc(C2CCN([C@@H]3CCC4(C3)CN(c3nnco3)C4)CC2)c(OC[C@@H]2COCCO2)c1. The van der Waals surface area contributed by atoms with Crippen molar-refractivity contribution in [3.63, 3.8) is 0 Å². The molecule has 16 nitrogen and oxygen atoms in total. The number of nitrogens with zero attached hydrogens (tertiary/aromatic N) is 8. The quantitative estimate of drug-likeness (QED) is 0.167. The van der Waals surface area contributed by atoms with Gasteiger partial charge in [0.05, 0.1) is 26.4 Å². The molecule has 1 N–H and O–H groups in total. The molecule has 5 saturated heterocycles. The molecule has 64 heavy (non-hydrogen) atoms. The largest absolute Gasteiger partial charge is 0.508 e. The zero-order valence-corrected chi connectivity index (χ0v) is 37.2. The number of hydrogen-bond acceptors (Lipinski definition) is 16. The van der Waals surface area contributed by atoms with Crippen LogP contribution in [0.5, 0.6) is 11.5 Å². The third kappa shape index (κ3) is 9.33. The summed E-state index contributed by atoms with van der Waals surface area (Å²) in [6, 6.07) is 18.8. The molecule has 4 aromatic rings. The number of esters is 1. The molecule has 16 heteroatoms. The van der Waals surface area contributed by atoms with Crippen molar-refractivity contribution in [3.05, 3.63) is 71.9 Å². The van der Waals surface area contributed by atoms with E-state index >= 15 is 0 Å². The van der Waals surface area contributed by atoms with E-state index in [2.05, 4.69) is 70.3 Å². The Labute approximate surface area is 375 Å². The number of aromatic hydroxyl groups is 1. The molecule has 0 bridgehead atoms. The lowest BCUT2D eigenvalue weighted by Crippen LogP contribution is -2.56. The van der Waals surface area contributed by atoms with Gasteiger partial charge < -0.3 is 52.5 Å². The number of piperidine rings is 2. The summed E-state index contributed by atoms with van der Waals surface area (Å²) in [5, 5.41) is 25.9. The zero-order chi connectivity index (χ0) is 43.5. The van der Waals surface area contributed by atoms with Crippen LogP contribution in [0.3, 0.4) is 0 Å². The van der Waals surface area contributed by atoms with Crippen LogP contribution in [0.2, 0.25) is 0 Å². The average molecular weight is 881 g/mol. The van der Waals surface area contributed by atoms with Gasteiger partial charge >= 0.3 is 23.9 Å². The number of ether oxygens (including phenoxy) is 4. The van der Waals surface area contributed by atoms with Gasteiger partial charge in [-0.3, -0.25) is 0 Å². The number of benzene rings is 2. The van der Waals surface area contributed by atoms with Gasteiger partial charge in [0.15, 0.2) is 0 Å². The molecule has 7 heterocycles. The highest BCUT2D eigenvalue weighted by Gasteiger charge is 2.52. The van der Waals surface area contributed by atoms with Crippen LogP contribution in [0.1, 0.15) is 105 Å². The maximum atomic E-state index is 11.7. The van der Waals surface area contributed by atoms with Gasteiger partial charge in [-0.2, -0.15) is 0 Å². The van der Waals surface area contributed by atoms with Crippen LogP contribution in [0.15, 0.2) is 63.8 Å². The Balaban J connectivity index is 0.000000152. The number of carbonyl (C=O) groups excluding carboxylic acids is 1. The zero-order valence-electron chi connectivity index (χ0n) is 37.2. The first-order valence-corrected chi connectivity index (χ1v) is 23.8. The summed E-state index contributed by atoms with van der Waals surface area (Å²) >= 11 is 0. The molecule has 0 amide bonds. The van der Waals surface area contributed by atoms with Crippen LogP contribution in [-0.4, -0.2) is 145 Å². The molecular formula is C48H64N8O8. The third-order valence-corrected chi connectivity index (χ3v) is 15.3. The van der Waals surface area contributed by atoms with Crippen LogP contribution in [0, 0.1) is 10.8 Å². The van der Waals surface area contributed by atoms with E-state index < -0.39 is 5.97 Å². The summed E-state index contributed by atoms with van der Waals surface area (Å²) in [5.41, 5.74) is 3.21. The van der Waals surface area contributed by atoms with Crippen molar-refractivity contribution in [3.8, 4) is 11.5 Å². The van der Waals surface area contributed by atoms with Gasteiger partial charge in [-0.25, -0.2) is 4.79 Å². The second-order valence-corrected chi connectivity index (χ2v) is 19.4. The fraction of sp³-hybridized carbons (Fsp3) is 0.646. The van der Waals surface area contributed by atoms with Crippen molar-refractivity contribution < 1.29 is 37.7 Å². The fourth-order valence-corrected chi connectivity index (χ4v) is 12.0. The second-order valence-electron chi connectivity index (χ2n) is 19.4.